The minimum Gasteiger partial charge on any atom is -0.460 e. The molecule has 1 aliphatic heterocycles. The zero-order valence-electron chi connectivity index (χ0n) is 9.40. The van der Waals surface area contributed by atoms with Gasteiger partial charge in [-0.15, -0.1) is 5.10 Å². The molecule has 0 amide bonds. The molecule has 6 nitrogen and oxygen atoms in total. The predicted octanol–water partition coefficient (Wildman–Crippen LogP) is 1.22. The third kappa shape index (κ3) is 2.21. The molecule has 6 heteroatoms. The lowest BCUT2D eigenvalue weighted by Gasteiger charge is -2.06. The van der Waals surface area contributed by atoms with Gasteiger partial charge in [0.2, 0.25) is 0 Å². The van der Waals surface area contributed by atoms with Gasteiger partial charge in [-0.1, -0.05) is 0 Å². The molecule has 0 aliphatic carbocycles. The average molecular weight is 225 g/mol. The van der Waals surface area contributed by atoms with Gasteiger partial charge in [0.15, 0.2) is 5.82 Å². The van der Waals surface area contributed by atoms with Gasteiger partial charge in [-0.2, -0.15) is 0 Å². The van der Waals surface area contributed by atoms with Crippen molar-refractivity contribution in [3.63, 3.8) is 0 Å². The van der Waals surface area contributed by atoms with Gasteiger partial charge in [-0.3, -0.25) is 5.10 Å². The summed E-state index contributed by atoms with van der Waals surface area (Å²) in [5.74, 6) is 0.170. The van der Waals surface area contributed by atoms with E-state index in [9.17, 15) is 4.79 Å². The first-order valence-corrected chi connectivity index (χ1v) is 5.45. The van der Waals surface area contributed by atoms with Crippen LogP contribution in [-0.2, 0) is 9.47 Å². The van der Waals surface area contributed by atoms with Gasteiger partial charge in [-0.25, -0.2) is 9.78 Å². The second kappa shape index (κ2) is 4.61. The van der Waals surface area contributed by atoms with E-state index in [-0.39, 0.29) is 18.0 Å². The van der Waals surface area contributed by atoms with E-state index in [1.54, 1.807) is 6.92 Å². The number of hydrogen-bond donors (Lipinski definition) is 1. The number of nitrogens with one attached hydrogen (secondary N) is 1. The summed E-state index contributed by atoms with van der Waals surface area (Å²) in [6.07, 6.45) is 2.06. The van der Waals surface area contributed by atoms with Crippen LogP contribution in [0.2, 0.25) is 0 Å². The molecular formula is C10H15N3O3. The third-order valence-electron chi connectivity index (χ3n) is 2.50. The first-order chi connectivity index (χ1) is 7.70. The van der Waals surface area contributed by atoms with Crippen LogP contribution in [-0.4, -0.2) is 33.9 Å². The van der Waals surface area contributed by atoms with Crippen molar-refractivity contribution in [2.24, 2.45) is 0 Å². The molecule has 2 atom stereocenters. The zero-order valence-corrected chi connectivity index (χ0v) is 9.40. The molecule has 0 aromatic carbocycles. The molecule has 88 valence electrons. The summed E-state index contributed by atoms with van der Waals surface area (Å²) < 4.78 is 10.4. The molecule has 1 aromatic rings. The highest BCUT2D eigenvalue weighted by molar-refractivity contribution is 5.84. The molecule has 16 heavy (non-hydrogen) atoms. The fraction of sp³-hybridized carbons (Fsp3) is 0.700. The molecule has 1 saturated heterocycles. The Hall–Kier alpha value is -1.43. The zero-order chi connectivity index (χ0) is 11.5. The van der Waals surface area contributed by atoms with Crippen LogP contribution in [0.3, 0.4) is 0 Å². The molecule has 1 aromatic heterocycles. The Morgan fingerprint density at radius 3 is 3.06 bits per heavy atom. The molecule has 0 saturated carbocycles. The molecule has 0 spiro atoms. The maximum Gasteiger partial charge on any atom is 0.378 e. The highest BCUT2D eigenvalue weighted by Crippen LogP contribution is 2.30. The topological polar surface area (TPSA) is 77.1 Å². The number of nitrogens with zero attached hydrogens (tertiary/aromatic N) is 2. The van der Waals surface area contributed by atoms with Crippen molar-refractivity contribution in [3.05, 3.63) is 11.6 Å². The van der Waals surface area contributed by atoms with Crippen LogP contribution >= 0.6 is 0 Å². The van der Waals surface area contributed by atoms with Crippen LogP contribution in [0.15, 0.2) is 0 Å². The second-order valence-corrected chi connectivity index (χ2v) is 3.78. The summed E-state index contributed by atoms with van der Waals surface area (Å²) >= 11 is 0. The van der Waals surface area contributed by atoms with Gasteiger partial charge < -0.3 is 9.47 Å². The van der Waals surface area contributed by atoms with Gasteiger partial charge in [0.05, 0.1) is 12.7 Å². The summed E-state index contributed by atoms with van der Waals surface area (Å²) in [4.78, 5) is 15.4. The standard InChI is InChI=1S/C10H15N3O3/c1-3-15-10(14)9-11-8(12-13-9)7-5-4-6(2)16-7/h6-7H,3-5H2,1-2H3,(H,11,12,13). The SMILES string of the molecule is CCOC(=O)c1n[nH]c(C2CCC(C)O2)n1. The smallest absolute Gasteiger partial charge is 0.378 e. The lowest BCUT2D eigenvalue weighted by atomic mass is 10.2. The highest BCUT2D eigenvalue weighted by Gasteiger charge is 2.27. The van der Waals surface area contributed by atoms with Gasteiger partial charge >= 0.3 is 5.97 Å². The van der Waals surface area contributed by atoms with E-state index in [1.807, 2.05) is 6.92 Å². The Balaban J connectivity index is 2.04. The van der Waals surface area contributed by atoms with Crippen molar-refractivity contribution in [2.45, 2.75) is 38.9 Å². The van der Waals surface area contributed by atoms with E-state index >= 15 is 0 Å². The second-order valence-electron chi connectivity index (χ2n) is 3.78. The molecule has 0 bridgehead atoms. The van der Waals surface area contributed by atoms with E-state index in [2.05, 4.69) is 15.2 Å². The van der Waals surface area contributed by atoms with E-state index in [0.717, 1.165) is 12.8 Å². The van der Waals surface area contributed by atoms with Crippen molar-refractivity contribution in [1.82, 2.24) is 15.2 Å². The van der Waals surface area contributed by atoms with Gasteiger partial charge in [0.1, 0.15) is 6.10 Å². The predicted molar refractivity (Wildman–Crippen MR) is 54.9 cm³/mol. The number of hydrogen-bond acceptors (Lipinski definition) is 5. The molecule has 1 fully saturated rings. The number of aromatic amines is 1. The minimum absolute atomic E-state index is 0.0694. The quantitative estimate of drug-likeness (QED) is 0.782. The first-order valence-electron chi connectivity index (χ1n) is 5.45. The maximum atomic E-state index is 11.3. The lowest BCUT2D eigenvalue weighted by molar-refractivity contribution is 0.0493. The van der Waals surface area contributed by atoms with Gasteiger partial charge in [0.25, 0.3) is 5.82 Å². The summed E-state index contributed by atoms with van der Waals surface area (Å²) in [6, 6.07) is 0. The van der Waals surface area contributed by atoms with Crippen LogP contribution in [0.25, 0.3) is 0 Å². The fourth-order valence-electron chi connectivity index (χ4n) is 1.71. The molecule has 1 aliphatic rings. The van der Waals surface area contributed by atoms with Gasteiger partial charge in [-0.05, 0) is 26.7 Å². The number of carbonyl (C=O) groups is 1. The summed E-state index contributed by atoms with van der Waals surface area (Å²) in [5.41, 5.74) is 0. The third-order valence-corrected chi connectivity index (χ3v) is 2.50. The molecule has 0 radical (unpaired) electrons. The number of H-pyrrole nitrogens is 1. The van der Waals surface area contributed by atoms with Crippen molar-refractivity contribution >= 4 is 5.97 Å². The van der Waals surface area contributed by atoms with Crippen molar-refractivity contribution in [2.75, 3.05) is 6.61 Å². The maximum absolute atomic E-state index is 11.3. The van der Waals surface area contributed by atoms with Crippen LogP contribution < -0.4 is 0 Å². The Kier molecular flexibility index (Phi) is 3.19. The first kappa shape index (κ1) is 11.1. The van der Waals surface area contributed by atoms with Crippen LogP contribution in [0.4, 0.5) is 0 Å². The summed E-state index contributed by atoms with van der Waals surface area (Å²) in [7, 11) is 0. The van der Waals surface area contributed by atoms with Crippen molar-refractivity contribution in [3.8, 4) is 0 Å². The van der Waals surface area contributed by atoms with E-state index in [4.69, 9.17) is 9.47 Å². The lowest BCUT2D eigenvalue weighted by Crippen LogP contribution is -2.07. The Morgan fingerprint density at radius 2 is 2.44 bits per heavy atom. The van der Waals surface area contributed by atoms with E-state index in [0.29, 0.717) is 12.4 Å². The van der Waals surface area contributed by atoms with Gasteiger partial charge in [0, 0.05) is 0 Å². The molecule has 2 rings (SSSR count). The number of aromatic nitrogens is 3. The fourth-order valence-corrected chi connectivity index (χ4v) is 1.71. The monoisotopic (exact) mass is 225 g/mol. The number of ether oxygens (including phenoxy) is 2. The molecule has 2 unspecified atom stereocenters. The molecule has 1 N–H and O–H groups in total. The molecular weight excluding hydrogens is 210 g/mol. The average Bonchev–Trinajstić information content (AvgIpc) is 2.85. The van der Waals surface area contributed by atoms with E-state index in [1.165, 1.54) is 0 Å². The highest BCUT2D eigenvalue weighted by atomic mass is 16.5. The van der Waals surface area contributed by atoms with Crippen molar-refractivity contribution < 1.29 is 14.3 Å². The Bertz CT molecular complexity index is 377. The van der Waals surface area contributed by atoms with E-state index < -0.39 is 5.97 Å². The summed E-state index contributed by atoms with van der Waals surface area (Å²) in [6.45, 7) is 4.08. The Labute approximate surface area is 93.4 Å². The minimum atomic E-state index is -0.504. The van der Waals surface area contributed by atoms with Crippen LogP contribution in [0.5, 0.6) is 0 Å². The summed E-state index contributed by atoms with van der Waals surface area (Å²) in [5, 5.41) is 6.53. The number of carbonyl (C=O) groups excluding carboxylic acids is 1. The number of rotatable bonds is 3. The normalized spacial score (nSPS) is 24.6. The molecule has 2 heterocycles. The Morgan fingerprint density at radius 1 is 1.62 bits per heavy atom. The van der Waals surface area contributed by atoms with Crippen LogP contribution in [0.1, 0.15) is 49.2 Å². The largest absolute Gasteiger partial charge is 0.460 e. The van der Waals surface area contributed by atoms with Crippen molar-refractivity contribution in [1.29, 1.82) is 0 Å². The van der Waals surface area contributed by atoms with Crippen LogP contribution in [0, 0.1) is 0 Å². The number of esters is 1.